The van der Waals surface area contributed by atoms with Crippen LogP contribution >= 0.6 is 23.2 Å². The summed E-state index contributed by atoms with van der Waals surface area (Å²) >= 11 is 11.8. The molecule has 5 nitrogen and oxygen atoms in total. The van der Waals surface area contributed by atoms with Crippen LogP contribution < -0.4 is 5.32 Å². The highest BCUT2D eigenvalue weighted by Crippen LogP contribution is 2.22. The van der Waals surface area contributed by atoms with Gasteiger partial charge in [0.05, 0.1) is 11.6 Å². The normalized spacial score (nSPS) is 11.6. The standard InChI is InChI=1S/C19H14Cl2N2O3/c1-12(19(25)23-16-4-2-3-13(9-16)11-22)26-18(24)8-6-14-5-7-15(20)10-17(14)21/h2-10,12H,1H3,(H,23,25). The van der Waals surface area contributed by atoms with Crippen molar-refractivity contribution in [3.63, 3.8) is 0 Å². The highest BCUT2D eigenvalue weighted by molar-refractivity contribution is 6.35. The number of rotatable bonds is 5. The third-order valence-corrected chi connectivity index (χ3v) is 3.85. The first-order valence-corrected chi connectivity index (χ1v) is 8.29. The maximum Gasteiger partial charge on any atom is 0.331 e. The van der Waals surface area contributed by atoms with Crippen LogP contribution in [0.15, 0.2) is 48.5 Å². The zero-order valence-electron chi connectivity index (χ0n) is 13.7. The van der Waals surface area contributed by atoms with Gasteiger partial charge in [0.2, 0.25) is 0 Å². The number of anilines is 1. The molecule has 0 saturated heterocycles. The Morgan fingerprint density at radius 2 is 2.00 bits per heavy atom. The van der Waals surface area contributed by atoms with Crippen molar-refractivity contribution in [2.75, 3.05) is 5.32 Å². The van der Waals surface area contributed by atoms with Gasteiger partial charge >= 0.3 is 5.97 Å². The molecule has 7 heteroatoms. The number of benzene rings is 2. The second-order valence-corrected chi connectivity index (χ2v) is 6.10. The second kappa shape index (κ2) is 9.04. The lowest BCUT2D eigenvalue weighted by Gasteiger charge is -2.12. The first-order chi connectivity index (χ1) is 12.4. The van der Waals surface area contributed by atoms with Gasteiger partial charge in [0.1, 0.15) is 0 Å². The zero-order chi connectivity index (χ0) is 19.1. The molecule has 2 rings (SSSR count). The predicted octanol–water partition coefficient (Wildman–Crippen LogP) is 4.45. The van der Waals surface area contributed by atoms with Gasteiger partial charge in [-0.3, -0.25) is 4.79 Å². The molecule has 132 valence electrons. The molecule has 1 atom stereocenters. The van der Waals surface area contributed by atoms with Crippen LogP contribution in [0.25, 0.3) is 6.08 Å². The largest absolute Gasteiger partial charge is 0.449 e. The summed E-state index contributed by atoms with van der Waals surface area (Å²) in [5.74, 6) is -1.20. The van der Waals surface area contributed by atoms with Crippen LogP contribution in [0, 0.1) is 11.3 Å². The van der Waals surface area contributed by atoms with Crippen molar-refractivity contribution in [2.45, 2.75) is 13.0 Å². The monoisotopic (exact) mass is 388 g/mol. The summed E-state index contributed by atoms with van der Waals surface area (Å²) in [7, 11) is 0. The molecule has 0 radical (unpaired) electrons. The molecule has 0 aromatic heterocycles. The van der Waals surface area contributed by atoms with E-state index in [1.165, 1.54) is 25.1 Å². The van der Waals surface area contributed by atoms with Crippen molar-refractivity contribution in [3.8, 4) is 6.07 Å². The highest BCUT2D eigenvalue weighted by Gasteiger charge is 2.16. The number of carbonyl (C=O) groups is 2. The molecular formula is C19H14Cl2N2O3. The molecule has 0 saturated carbocycles. The van der Waals surface area contributed by atoms with Crippen LogP contribution in [0.1, 0.15) is 18.1 Å². The quantitative estimate of drug-likeness (QED) is 0.605. The van der Waals surface area contributed by atoms with E-state index in [9.17, 15) is 9.59 Å². The maximum absolute atomic E-state index is 12.1. The highest BCUT2D eigenvalue weighted by atomic mass is 35.5. The number of ether oxygens (including phenoxy) is 1. The number of nitrogens with zero attached hydrogens (tertiary/aromatic N) is 1. The molecule has 0 bridgehead atoms. The third kappa shape index (κ3) is 5.62. The van der Waals surface area contributed by atoms with Crippen molar-refractivity contribution >= 4 is 46.8 Å². The first kappa shape index (κ1) is 19.5. The Bertz CT molecular complexity index is 904. The summed E-state index contributed by atoms with van der Waals surface area (Å²) in [6.07, 6.45) is 1.63. The number of nitrogens with one attached hydrogen (secondary N) is 1. The number of halogens is 2. The Balaban J connectivity index is 1.94. The van der Waals surface area contributed by atoms with E-state index in [-0.39, 0.29) is 0 Å². The van der Waals surface area contributed by atoms with Crippen LogP contribution in [0.3, 0.4) is 0 Å². The van der Waals surface area contributed by atoms with Gasteiger partial charge in [0, 0.05) is 21.8 Å². The maximum atomic E-state index is 12.1. The van der Waals surface area contributed by atoms with Gasteiger partial charge in [0.25, 0.3) is 5.91 Å². The van der Waals surface area contributed by atoms with E-state index in [1.54, 1.807) is 36.4 Å². The van der Waals surface area contributed by atoms with Gasteiger partial charge in [-0.1, -0.05) is 35.3 Å². The molecule has 2 aromatic rings. The van der Waals surface area contributed by atoms with Crippen LogP contribution in [0.4, 0.5) is 5.69 Å². The molecule has 2 aromatic carbocycles. The van der Waals surface area contributed by atoms with E-state index in [0.717, 1.165) is 0 Å². The number of hydrogen-bond acceptors (Lipinski definition) is 4. The SMILES string of the molecule is CC(OC(=O)C=Cc1ccc(Cl)cc1Cl)C(=O)Nc1cccc(C#N)c1. The molecule has 26 heavy (non-hydrogen) atoms. The summed E-state index contributed by atoms with van der Waals surface area (Å²) in [5.41, 5.74) is 1.45. The molecule has 0 aliphatic carbocycles. The van der Waals surface area contributed by atoms with Gasteiger partial charge in [-0.05, 0) is 48.9 Å². The first-order valence-electron chi connectivity index (χ1n) is 7.54. The van der Waals surface area contributed by atoms with E-state index in [4.69, 9.17) is 33.2 Å². The fraction of sp³-hybridized carbons (Fsp3) is 0.105. The van der Waals surface area contributed by atoms with Crippen LogP contribution in [0.2, 0.25) is 10.0 Å². The van der Waals surface area contributed by atoms with E-state index in [1.807, 2.05) is 6.07 Å². The minimum Gasteiger partial charge on any atom is -0.449 e. The summed E-state index contributed by atoms with van der Waals surface area (Å²) in [4.78, 5) is 23.9. The molecular weight excluding hydrogens is 375 g/mol. The summed E-state index contributed by atoms with van der Waals surface area (Å²) in [6, 6.07) is 13.3. The third-order valence-electron chi connectivity index (χ3n) is 3.28. The molecule has 0 spiro atoms. The minimum atomic E-state index is -1.02. The minimum absolute atomic E-state index is 0.393. The Hall–Kier alpha value is -2.81. The van der Waals surface area contributed by atoms with Crippen molar-refractivity contribution in [2.24, 2.45) is 0 Å². The number of carbonyl (C=O) groups excluding carboxylic acids is 2. The number of amides is 1. The fourth-order valence-electron chi connectivity index (χ4n) is 1.97. The number of esters is 1. The molecule has 1 amide bonds. The van der Waals surface area contributed by atoms with E-state index in [2.05, 4.69) is 5.32 Å². The van der Waals surface area contributed by atoms with Gasteiger partial charge in [-0.15, -0.1) is 0 Å². The smallest absolute Gasteiger partial charge is 0.331 e. The molecule has 1 unspecified atom stereocenters. The molecule has 1 N–H and O–H groups in total. The van der Waals surface area contributed by atoms with Gasteiger partial charge < -0.3 is 10.1 Å². The van der Waals surface area contributed by atoms with Gasteiger partial charge in [-0.25, -0.2) is 4.79 Å². The Labute approximate surface area is 160 Å². The fourth-order valence-corrected chi connectivity index (χ4v) is 2.44. The van der Waals surface area contributed by atoms with Gasteiger partial charge in [0.15, 0.2) is 6.10 Å². The van der Waals surface area contributed by atoms with Crippen LogP contribution in [0.5, 0.6) is 0 Å². The van der Waals surface area contributed by atoms with Crippen LogP contribution in [-0.4, -0.2) is 18.0 Å². The number of hydrogen-bond donors (Lipinski definition) is 1. The van der Waals surface area contributed by atoms with Crippen molar-refractivity contribution in [1.29, 1.82) is 5.26 Å². The Morgan fingerprint density at radius 3 is 2.69 bits per heavy atom. The molecule has 0 fully saturated rings. The van der Waals surface area contributed by atoms with Crippen molar-refractivity contribution in [1.82, 2.24) is 0 Å². The molecule has 0 heterocycles. The average Bonchev–Trinajstić information content (AvgIpc) is 2.61. The lowest BCUT2D eigenvalue weighted by molar-refractivity contribution is -0.148. The van der Waals surface area contributed by atoms with Crippen molar-refractivity contribution < 1.29 is 14.3 Å². The van der Waals surface area contributed by atoms with E-state index >= 15 is 0 Å². The summed E-state index contributed by atoms with van der Waals surface area (Å²) in [5, 5.41) is 12.3. The number of nitriles is 1. The summed E-state index contributed by atoms with van der Waals surface area (Å²) in [6.45, 7) is 1.45. The second-order valence-electron chi connectivity index (χ2n) is 5.26. The zero-order valence-corrected chi connectivity index (χ0v) is 15.2. The lowest BCUT2D eigenvalue weighted by atomic mass is 10.2. The topological polar surface area (TPSA) is 79.2 Å². The summed E-state index contributed by atoms with van der Waals surface area (Å²) < 4.78 is 5.05. The predicted molar refractivity (Wildman–Crippen MR) is 101 cm³/mol. The lowest BCUT2D eigenvalue weighted by Crippen LogP contribution is -2.29. The Kier molecular flexibility index (Phi) is 6.79. The average molecular weight is 389 g/mol. The molecule has 0 aliphatic rings. The Morgan fingerprint density at radius 1 is 1.23 bits per heavy atom. The van der Waals surface area contributed by atoms with E-state index in [0.29, 0.717) is 26.9 Å². The van der Waals surface area contributed by atoms with Crippen molar-refractivity contribution in [3.05, 3.63) is 69.7 Å². The van der Waals surface area contributed by atoms with Gasteiger partial charge in [-0.2, -0.15) is 5.26 Å². The van der Waals surface area contributed by atoms with E-state index < -0.39 is 18.0 Å². The molecule has 0 aliphatic heterocycles. The van der Waals surface area contributed by atoms with Crippen LogP contribution in [-0.2, 0) is 14.3 Å².